The Morgan fingerprint density at radius 1 is 1.39 bits per heavy atom. The molecule has 0 saturated carbocycles. The minimum absolute atomic E-state index is 0.0270. The first-order chi connectivity index (χ1) is 8.74. The van der Waals surface area contributed by atoms with E-state index >= 15 is 0 Å². The third kappa shape index (κ3) is 6.20. The van der Waals surface area contributed by atoms with E-state index in [0.29, 0.717) is 13.2 Å². The van der Waals surface area contributed by atoms with Crippen molar-refractivity contribution in [2.24, 2.45) is 5.92 Å². The van der Waals surface area contributed by atoms with Crippen molar-refractivity contribution in [3.05, 3.63) is 12.2 Å². The average molecular weight is 252 g/mol. The Morgan fingerprint density at radius 3 is 3.00 bits per heavy atom. The first-order valence-electron chi connectivity index (χ1n) is 6.67. The zero-order chi connectivity index (χ0) is 13.2. The molecular weight excluding hydrogens is 228 g/mol. The second kappa shape index (κ2) is 9.16. The molecule has 18 heavy (non-hydrogen) atoms. The van der Waals surface area contributed by atoms with Gasteiger partial charge in [0.2, 0.25) is 0 Å². The van der Waals surface area contributed by atoms with Gasteiger partial charge in [-0.1, -0.05) is 18.1 Å². The molecule has 102 valence electrons. The van der Waals surface area contributed by atoms with Crippen LogP contribution in [0.25, 0.3) is 0 Å². The summed E-state index contributed by atoms with van der Waals surface area (Å²) in [5.74, 6) is 6.29. The van der Waals surface area contributed by atoms with Crippen LogP contribution in [0, 0.1) is 17.8 Å². The van der Waals surface area contributed by atoms with Gasteiger partial charge >= 0.3 is 0 Å². The molecule has 3 heteroatoms. The average Bonchev–Trinajstić information content (AvgIpc) is 2.37. The number of hydrogen-bond donors (Lipinski definition) is 1. The lowest BCUT2D eigenvalue weighted by Gasteiger charge is -2.18. The largest absolute Gasteiger partial charge is 0.392 e. The van der Waals surface area contributed by atoms with Gasteiger partial charge in [0.05, 0.1) is 12.2 Å². The molecule has 0 fully saturated rings. The summed E-state index contributed by atoms with van der Waals surface area (Å²) in [6.45, 7) is 2.27. The van der Waals surface area contributed by atoms with Crippen LogP contribution in [0.3, 0.4) is 0 Å². The molecule has 0 aromatic heterocycles. The summed E-state index contributed by atoms with van der Waals surface area (Å²) in [5, 5.41) is 9.99. The highest BCUT2D eigenvalue weighted by atomic mass is 16.7. The lowest BCUT2D eigenvalue weighted by atomic mass is 9.98. The maximum Gasteiger partial charge on any atom is 0.147 e. The molecule has 0 radical (unpaired) electrons. The van der Waals surface area contributed by atoms with Gasteiger partial charge in [-0.15, -0.1) is 5.92 Å². The first-order valence-corrected chi connectivity index (χ1v) is 6.67. The number of hydrogen-bond acceptors (Lipinski definition) is 3. The third-order valence-corrected chi connectivity index (χ3v) is 3.08. The van der Waals surface area contributed by atoms with Crippen LogP contribution in [0.5, 0.6) is 0 Å². The van der Waals surface area contributed by atoms with E-state index in [4.69, 9.17) is 9.47 Å². The van der Waals surface area contributed by atoms with Crippen molar-refractivity contribution in [1.82, 2.24) is 0 Å². The molecule has 0 aromatic rings. The Bertz CT molecular complexity index is 301. The third-order valence-electron chi connectivity index (χ3n) is 3.08. The maximum atomic E-state index is 9.99. The van der Waals surface area contributed by atoms with Crippen LogP contribution in [0.15, 0.2) is 12.2 Å². The molecule has 1 rings (SSSR count). The molecule has 1 aliphatic carbocycles. The van der Waals surface area contributed by atoms with Crippen LogP contribution in [-0.4, -0.2) is 31.2 Å². The van der Waals surface area contributed by atoms with Gasteiger partial charge in [0, 0.05) is 19.4 Å². The number of ether oxygens (including phenoxy) is 2. The summed E-state index contributed by atoms with van der Waals surface area (Å²) in [4.78, 5) is 0. The van der Waals surface area contributed by atoms with E-state index in [2.05, 4.69) is 24.0 Å². The van der Waals surface area contributed by atoms with Crippen molar-refractivity contribution >= 4 is 0 Å². The van der Waals surface area contributed by atoms with Crippen molar-refractivity contribution in [3.63, 3.8) is 0 Å². The van der Waals surface area contributed by atoms with E-state index < -0.39 is 0 Å². The number of aliphatic hydroxyl groups is 1. The van der Waals surface area contributed by atoms with Gasteiger partial charge in [-0.25, -0.2) is 0 Å². The second-order valence-corrected chi connectivity index (χ2v) is 4.69. The molecule has 0 bridgehead atoms. The fraction of sp³-hybridized carbons (Fsp3) is 0.733. The Balaban J connectivity index is 2.55. The highest BCUT2D eigenvalue weighted by Gasteiger charge is 2.15. The molecule has 0 aliphatic heterocycles. The molecule has 3 unspecified atom stereocenters. The quantitative estimate of drug-likeness (QED) is 0.476. The summed E-state index contributed by atoms with van der Waals surface area (Å²) in [7, 11) is 1.62. The molecule has 3 nitrogen and oxygen atoms in total. The molecule has 1 aliphatic rings. The minimum Gasteiger partial charge on any atom is -0.392 e. The molecule has 0 heterocycles. The lowest BCUT2D eigenvalue weighted by Crippen LogP contribution is -2.20. The number of allylic oxidation sites excluding steroid dienone is 1. The molecule has 0 spiro atoms. The highest BCUT2D eigenvalue weighted by Crippen LogP contribution is 2.14. The maximum absolute atomic E-state index is 9.99. The zero-order valence-electron chi connectivity index (χ0n) is 11.4. The molecule has 0 aromatic carbocycles. The van der Waals surface area contributed by atoms with Crippen molar-refractivity contribution in [2.45, 2.75) is 51.2 Å². The van der Waals surface area contributed by atoms with Crippen molar-refractivity contribution < 1.29 is 14.6 Å². The normalized spacial score (nSPS) is 31.6. The lowest BCUT2D eigenvalue weighted by molar-refractivity contribution is -0.0609. The van der Waals surface area contributed by atoms with Gasteiger partial charge in [-0.05, 0) is 32.6 Å². The smallest absolute Gasteiger partial charge is 0.147 e. The fourth-order valence-electron chi connectivity index (χ4n) is 1.86. The van der Waals surface area contributed by atoms with Crippen LogP contribution in [0.1, 0.15) is 39.0 Å². The molecule has 0 saturated heterocycles. The van der Waals surface area contributed by atoms with Crippen LogP contribution < -0.4 is 0 Å². The SMILES string of the molecule is COCOC1/C=C/CCCC#CC(C)C(O)CC1. The van der Waals surface area contributed by atoms with Crippen molar-refractivity contribution in [2.75, 3.05) is 13.9 Å². The van der Waals surface area contributed by atoms with Gasteiger partial charge in [-0.2, -0.15) is 0 Å². The Morgan fingerprint density at radius 2 is 2.22 bits per heavy atom. The number of rotatable bonds is 3. The Labute approximate surface area is 110 Å². The summed E-state index contributed by atoms with van der Waals surface area (Å²) >= 11 is 0. The van der Waals surface area contributed by atoms with Crippen LogP contribution in [0.2, 0.25) is 0 Å². The highest BCUT2D eigenvalue weighted by molar-refractivity contribution is 5.05. The van der Waals surface area contributed by atoms with Gasteiger partial charge in [0.25, 0.3) is 0 Å². The molecule has 3 atom stereocenters. The van der Waals surface area contributed by atoms with E-state index in [1.165, 1.54) is 0 Å². The molecular formula is C15H24O3. The molecule has 1 N–H and O–H groups in total. The van der Waals surface area contributed by atoms with Gasteiger partial charge in [0.15, 0.2) is 0 Å². The van der Waals surface area contributed by atoms with Gasteiger partial charge in [-0.3, -0.25) is 0 Å². The fourth-order valence-corrected chi connectivity index (χ4v) is 1.86. The van der Waals surface area contributed by atoms with E-state index in [1.54, 1.807) is 7.11 Å². The second-order valence-electron chi connectivity index (χ2n) is 4.69. The summed E-state index contributed by atoms with van der Waals surface area (Å²) < 4.78 is 10.5. The minimum atomic E-state index is -0.376. The van der Waals surface area contributed by atoms with E-state index in [-0.39, 0.29) is 18.1 Å². The standard InChI is InChI=1S/C15H24O3/c1-13-8-6-4-3-5-7-9-14(18-12-17-2)10-11-15(13)16/h7,9,13-16H,3-5,10-12H2,1-2H3/b9-7+. The van der Waals surface area contributed by atoms with Crippen molar-refractivity contribution in [1.29, 1.82) is 0 Å². The predicted molar refractivity (Wildman–Crippen MR) is 71.9 cm³/mol. The number of aliphatic hydroxyl groups excluding tert-OH is 1. The monoisotopic (exact) mass is 252 g/mol. The van der Waals surface area contributed by atoms with Gasteiger partial charge < -0.3 is 14.6 Å². The number of methoxy groups -OCH3 is 1. The van der Waals surface area contributed by atoms with Crippen molar-refractivity contribution in [3.8, 4) is 11.8 Å². The van der Waals surface area contributed by atoms with E-state index in [1.807, 2.05) is 6.92 Å². The topological polar surface area (TPSA) is 38.7 Å². The first kappa shape index (κ1) is 15.2. The summed E-state index contributed by atoms with van der Waals surface area (Å²) in [6, 6.07) is 0. The zero-order valence-corrected chi connectivity index (χ0v) is 11.4. The van der Waals surface area contributed by atoms with Crippen LogP contribution >= 0.6 is 0 Å². The van der Waals surface area contributed by atoms with Crippen LogP contribution in [-0.2, 0) is 9.47 Å². The molecule has 0 amide bonds. The summed E-state index contributed by atoms with van der Waals surface area (Å²) in [5.41, 5.74) is 0. The Kier molecular flexibility index (Phi) is 7.75. The van der Waals surface area contributed by atoms with Gasteiger partial charge in [0.1, 0.15) is 6.79 Å². The predicted octanol–water partition coefficient (Wildman–Crippen LogP) is 2.50. The summed E-state index contributed by atoms with van der Waals surface area (Å²) in [6.07, 6.45) is 8.34. The Hall–Kier alpha value is -0.820. The van der Waals surface area contributed by atoms with Crippen LogP contribution in [0.4, 0.5) is 0 Å². The van der Waals surface area contributed by atoms with E-state index in [9.17, 15) is 5.11 Å². The van der Waals surface area contributed by atoms with E-state index in [0.717, 1.165) is 25.7 Å².